The van der Waals surface area contributed by atoms with Gasteiger partial charge in [0.1, 0.15) is 5.75 Å². The summed E-state index contributed by atoms with van der Waals surface area (Å²) in [5.41, 5.74) is 8.03. The zero-order valence-electron chi connectivity index (χ0n) is 26.3. The first kappa shape index (κ1) is 34.0. The van der Waals surface area contributed by atoms with Gasteiger partial charge in [-0.1, -0.05) is 58.0 Å². The molecule has 1 aliphatic heterocycles. The number of benzene rings is 3. The highest BCUT2D eigenvalue weighted by Crippen LogP contribution is 2.36. The van der Waals surface area contributed by atoms with Crippen LogP contribution >= 0.6 is 0 Å². The summed E-state index contributed by atoms with van der Waals surface area (Å²) in [6.45, 7) is 14.5. The summed E-state index contributed by atoms with van der Waals surface area (Å²) in [5.74, 6) is -1.51. The van der Waals surface area contributed by atoms with Gasteiger partial charge >= 0.3 is 11.9 Å². The Kier molecular flexibility index (Phi) is 13.1. The summed E-state index contributed by atoms with van der Waals surface area (Å²) in [6.07, 6.45) is 3.18. The number of carboxylic acids is 1. The number of hydrogen-bond donors (Lipinski definition) is 5. The third-order valence-electron chi connectivity index (χ3n) is 7.06. The highest BCUT2D eigenvalue weighted by molar-refractivity contribution is 6.71. The van der Waals surface area contributed by atoms with Gasteiger partial charge in [0, 0.05) is 5.56 Å². The molecule has 1 amide bonds. The quantitative estimate of drug-likeness (QED) is 0.158. The Labute approximate surface area is 259 Å². The second kappa shape index (κ2) is 16.9. The highest BCUT2D eigenvalue weighted by Gasteiger charge is 2.31. The maximum atomic E-state index is 13.0. The van der Waals surface area contributed by atoms with Crippen molar-refractivity contribution in [2.24, 2.45) is 10.2 Å². The van der Waals surface area contributed by atoms with Gasteiger partial charge in [0.2, 0.25) is 0 Å². The van der Waals surface area contributed by atoms with E-state index in [0.717, 1.165) is 45.4 Å². The van der Waals surface area contributed by atoms with Gasteiger partial charge in [-0.25, -0.2) is 4.79 Å². The summed E-state index contributed by atoms with van der Waals surface area (Å²) in [4.78, 5) is 24.3. The molecule has 0 saturated heterocycles. The van der Waals surface area contributed by atoms with Crippen LogP contribution in [0.4, 0.5) is 11.4 Å². The van der Waals surface area contributed by atoms with Crippen LogP contribution in [0.1, 0.15) is 62.5 Å². The molecule has 0 fully saturated rings. The largest absolute Gasteiger partial charge is 0.505 e. The number of aromatic carboxylic acids is 1. The van der Waals surface area contributed by atoms with Crippen molar-refractivity contribution >= 4 is 34.7 Å². The van der Waals surface area contributed by atoms with E-state index in [0.29, 0.717) is 22.5 Å². The lowest BCUT2D eigenvalue weighted by Crippen LogP contribution is -2.28. The molecule has 0 aromatic heterocycles. The molecule has 1 heterocycles. The number of nitrogens with zero attached hydrogens (tertiary/aromatic N) is 3. The number of hydrazone groups is 2. The molecule has 5 rings (SSSR count). The Morgan fingerprint density at radius 1 is 0.909 bits per heavy atom. The number of phenolic OH excluding ortho intramolecular Hbond substituents is 1. The van der Waals surface area contributed by atoms with E-state index in [4.69, 9.17) is 0 Å². The molecule has 3 aromatic carbocycles. The van der Waals surface area contributed by atoms with Crippen molar-refractivity contribution in [3.05, 3.63) is 77.4 Å². The Bertz CT molecular complexity index is 1490. The van der Waals surface area contributed by atoms with Crippen LogP contribution < -0.4 is 21.1 Å². The number of carboxylic acid groups (broad SMARTS) is 1. The van der Waals surface area contributed by atoms with E-state index in [9.17, 15) is 19.8 Å². The number of nitrogens with one attached hydrogen (secondary N) is 3. The molecule has 0 radical (unpaired) electrons. The van der Waals surface area contributed by atoms with Crippen molar-refractivity contribution in [1.82, 2.24) is 10.6 Å². The van der Waals surface area contributed by atoms with Crippen LogP contribution in [0.3, 0.4) is 0 Å². The molecule has 0 unspecified atom stereocenters. The predicted octanol–water partition coefficient (Wildman–Crippen LogP) is 5.67. The highest BCUT2D eigenvalue weighted by atomic mass is 16.4. The average Bonchev–Trinajstić information content (AvgIpc) is 3.61. The Morgan fingerprint density at radius 3 is 2.20 bits per heavy atom. The number of hydrogen-bond acceptors (Lipinski definition) is 8. The van der Waals surface area contributed by atoms with Crippen LogP contribution in [0.15, 0.2) is 70.9 Å². The minimum atomic E-state index is -1.05. The number of carbonyl (C=O) groups excluding carboxylic acids is 1. The van der Waals surface area contributed by atoms with E-state index < -0.39 is 5.97 Å². The average molecular weight is 601 g/mol. The number of rotatable bonds is 9. The fraction of sp³-hybridized carbons (Fsp3) is 0.353. The van der Waals surface area contributed by atoms with E-state index in [2.05, 4.69) is 54.0 Å². The first-order valence-electron chi connectivity index (χ1n) is 15.2. The summed E-state index contributed by atoms with van der Waals surface area (Å²) in [6, 6.07) is 17.3. The Balaban J connectivity index is 0.000000461. The van der Waals surface area contributed by atoms with Gasteiger partial charge in [0.15, 0.2) is 5.71 Å². The second-order valence-electron chi connectivity index (χ2n) is 10.2. The summed E-state index contributed by atoms with van der Waals surface area (Å²) < 4.78 is 0. The maximum absolute atomic E-state index is 13.0. The van der Waals surface area contributed by atoms with Crippen LogP contribution in [-0.4, -0.2) is 59.7 Å². The third-order valence-corrected chi connectivity index (χ3v) is 7.06. The number of aromatic hydroxyl groups is 1. The van der Waals surface area contributed by atoms with E-state index in [-0.39, 0.29) is 28.6 Å². The molecule has 5 N–H and O–H groups in total. The van der Waals surface area contributed by atoms with Crippen LogP contribution in [0, 0.1) is 0 Å². The smallest absolute Gasteiger partial charge is 0.335 e. The monoisotopic (exact) mass is 600 g/mol. The molecule has 0 saturated carbocycles. The van der Waals surface area contributed by atoms with Gasteiger partial charge in [-0.2, -0.15) is 15.2 Å². The molecule has 1 aliphatic carbocycles. The van der Waals surface area contributed by atoms with Gasteiger partial charge < -0.3 is 20.8 Å². The third kappa shape index (κ3) is 8.75. The molecule has 0 atom stereocenters. The lowest BCUT2D eigenvalue weighted by atomic mass is 10.0. The van der Waals surface area contributed by atoms with Gasteiger partial charge in [-0.3, -0.25) is 10.2 Å². The fourth-order valence-electron chi connectivity index (χ4n) is 4.79. The first-order valence-corrected chi connectivity index (χ1v) is 15.2. The second-order valence-corrected chi connectivity index (χ2v) is 10.2. The van der Waals surface area contributed by atoms with Crippen LogP contribution in [-0.2, 0) is 17.6 Å². The van der Waals surface area contributed by atoms with Gasteiger partial charge in [0.25, 0.3) is 0 Å². The molecule has 3 aromatic rings. The fourth-order valence-corrected chi connectivity index (χ4v) is 4.79. The van der Waals surface area contributed by atoms with Crippen molar-refractivity contribution in [3.63, 3.8) is 0 Å². The number of amides is 1. The maximum Gasteiger partial charge on any atom is 0.335 e. The van der Waals surface area contributed by atoms with Crippen molar-refractivity contribution < 1.29 is 19.8 Å². The minimum Gasteiger partial charge on any atom is -0.505 e. The van der Waals surface area contributed by atoms with Crippen molar-refractivity contribution in [2.75, 3.05) is 36.6 Å². The number of phenols is 1. The van der Waals surface area contributed by atoms with Crippen molar-refractivity contribution in [2.45, 2.75) is 53.9 Å². The molecule has 44 heavy (non-hydrogen) atoms. The van der Waals surface area contributed by atoms with Crippen LogP contribution in [0.25, 0.3) is 11.1 Å². The molecule has 10 nitrogen and oxygen atoms in total. The number of para-hydroxylation sites is 1. The molecule has 2 aliphatic rings. The first-order chi connectivity index (χ1) is 21.2. The standard InChI is InChI=1S/C26H22N4O4.2C4H11N/c1-15-23(25(32)30(29-15)20-12-11-16-5-2-6-17(16)14-20)28-27-22-10-4-9-21(24(22)31)18-7-3-8-19(13-18)26(33)34;2*1-3-5-4-2/h3-4,7-14,27,31H,2,5-6H2,1H3,(H,33,34);2*5H,3-4H2,1-2H3. The SMILES string of the molecule is CC1=NN(c2ccc3c(c2)CCC3)C(=O)C1=NNc1cccc(-c2cccc(C(=O)O)c2)c1O.CCNCC.CCNCC. The molecule has 234 valence electrons. The molecular weight excluding hydrogens is 556 g/mol. The van der Waals surface area contributed by atoms with E-state index >= 15 is 0 Å². The number of aryl methyl sites for hydroxylation is 2. The van der Waals surface area contributed by atoms with Crippen molar-refractivity contribution in [1.29, 1.82) is 0 Å². The molecule has 0 spiro atoms. The van der Waals surface area contributed by atoms with Crippen molar-refractivity contribution in [3.8, 4) is 16.9 Å². The van der Waals surface area contributed by atoms with E-state index in [1.165, 1.54) is 28.3 Å². The number of fused-ring (bicyclic) bond motifs is 1. The van der Waals surface area contributed by atoms with E-state index in [1.54, 1.807) is 37.3 Å². The Hall–Kier alpha value is -4.54. The number of anilines is 2. The topological polar surface area (TPSA) is 139 Å². The molecule has 0 bridgehead atoms. The zero-order valence-corrected chi connectivity index (χ0v) is 26.3. The minimum absolute atomic E-state index is 0.107. The lowest BCUT2D eigenvalue weighted by molar-refractivity contribution is -0.112. The zero-order chi connectivity index (χ0) is 32.1. The number of carbonyl (C=O) groups is 2. The molecule has 10 heteroatoms. The van der Waals surface area contributed by atoms with Gasteiger partial charge in [-0.05, 0) is 99.4 Å². The van der Waals surface area contributed by atoms with Gasteiger partial charge in [-0.15, -0.1) is 0 Å². The van der Waals surface area contributed by atoms with E-state index in [1.807, 2.05) is 18.2 Å². The lowest BCUT2D eigenvalue weighted by Gasteiger charge is -2.13. The Morgan fingerprint density at radius 2 is 1.57 bits per heavy atom. The normalized spacial score (nSPS) is 14.3. The summed E-state index contributed by atoms with van der Waals surface area (Å²) in [7, 11) is 0. The summed E-state index contributed by atoms with van der Waals surface area (Å²) >= 11 is 0. The molecular formula is C34H44N6O4. The predicted molar refractivity (Wildman–Crippen MR) is 179 cm³/mol. The summed E-state index contributed by atoms with van der Waals surface area (Å²) in [5, 5.41) is 36.2. The van der Waals surface area contributed by atoms with Gasteiger partial charge in [0.05, 0.1) is 22.6 Å². The van der Waals surface area contributed by atoms with Crippen LogP contribution in [0.5, 0.6) is 5.75 Å². The van der Waals surface area contributed by atoms with Crippen LogP contribution in [0.2, 0.25) is 0 Å².